The predicted octanol–water partition coefficient (Wildman–Crippen LogP) is 4.58. The summed E-state index contributed by atoms with van der Waals surface area (Å²) in [5, 5.41) is 1.55. The van der Waals surface area contributed by atoms with Gasteiger partial charge in [0.1, 0.15) is 0 Å². The minimum Gasteiger partial charge on any atom is -0.358 e. The number of aryl methyl sites for hydroxylation is 1. The molecule has 2 heterocycles. The van der Waals surface area contributed by atoms with Gasteiger partial charge in [-0.2, -0.15) is 11.8 Å². The molecule has 1 aromatic heterocycles. The molecule has 0 radical (unpaired) electrons. The zero-order chi connectivity index (χ0) is 16.0. The van der Waals surface area contributed by atoms with E-state index < -0.39 is 0 Å². The van der Waals surface area contributed by atoms with Crippen LogP contribution in [0.4, 0.5) is 0 Å². The van der Waals surface area contributed by atoms with Crippen molar-refractivity contribution < 1.29 is 0 Å². The number of nitrogens with zero attached hydrogens (tertiary/aromatic N) is 1. The van der Waals surface area contributed by atoms with Gasteiger partial charge in [0.15, 0.2) is 0 Å². The summed E-state index contributed by atoms with van der Waals surface area (Å²) in [5.41, 5.74) is 5.93. The van der Waals surface area contributed by atoms with Gasteiger partial charge >= 0.3 is 0 Å². The van der Waals surface area contributed by atoms with Crippen molar-refractivity contribution in [2.75, 3.05) is 25.1 Å². The Morgan fingerprint density at radius 3 is 3.00 bits per heavy atom. The lowest BCUT2D eigenvalue weighted by Gasteiger charge is -2.47. The number of hydrogen-bond donors (Lipinski definition) is 1. The molecule has 0 spiro atoms. The second kappa shape index (κ2) is 6.18. The van der Waals surface area contributed by atoms with Crippen LogP contribution in [0.1, 0.15) is 42.5 Å². The molecule has 23 heavy (non-hydrogen) atoms. The van der Waals surface area contributed by atoms with E-state index >= 15 is 0 Å². The largest absolute Gasteiger partial charge is 0.358 e. The molecule has 3 atom stereocenters. The summed E-state index contributed by atoms with van der Waals surface area (Å²) in [6, 6.07) is 7.62. The smallest absolute Gasteiger partial charge is 0.0461 e. The van der Waals surface area contributed by atoms with Crippen LogP contribution >= 0.6 is 11.8 Å². The average molecular weight is 329 g/mol. The Balaban J connectivity index is 1.79. The number of thioether (sulfide) groups is 1. The lowest BCUT2D eigenvalue weighted by Crippen LogP contribution is -2.50. The molecule has 1 N–H and O–H groups in total. The van der Waals surface area contributed by atoms with Gasteiger partial charge in [-0.05, 0) is 67.9 Å². The maximum atomic E-state index is 3.63. The van der Waals surface area contributed by atoms with Crippen molar-refractivity contribution >= 4 is 22.7 Å². The number of rotatable bonds is 4. The van der Waals surface area contributed by atoms with Crippen LogP contribution in [0.25, 0.3) is 10.9 Å². The molecule has 1 aliphatic carbocycles. The maximum Gasteiger partial charge on any atom is 0.0461 e. The summed E-state index contributed by atoms with van der Waals surface area (Å²) >= 11 is 2.02. The number of benzene rings is 1. The Bertz CT molecular complexity index is 705. The van der Waals surface area contributed by atoms with Crippen LogP contribution in [0.15, 0.2) is 18.2 Å². The van der Waals surface area contributed by atoms with Gasteiger partial charge in [-0.15, -0.1) is 0 Å². The highest BCUT2D eigenvalue weighted by Crippen LogP contribution is 2.46. The molecule has 1 aromatic carbocycles. The first-order valence-corrected chi connectivity index (χ1v) is 10.4. The molecular weight excluding hydrogens is 300 g/mol. The van der Waals surface area contributed by atoms with E-state index in [4.69, 9.17) is 0 Å². The van der Waals surface area contributed by atoms with E-state index in [0.29, 0.717) is 6.04 Å². The molecule has 124 valence electrons. The lowest BCUT2D eigenvalue weighted by molar-refractivity contribution is 0.0925. The Labute approximate surface area is 144 Å². The van der Waals surface area contributed by atoms with E-state index in [-0.39, 0.29) is 0 Å². The highest BCUT2D eigenvalue weighted by Gasteiger charge is 2.40. The van der Waals surface area contributed by atoms with Crippen LogP contribution in [0.3, 0.4) is 0 Å². The Hall–Kier alpha value is -0.930. The summed E-state index contributed by atoms with van der Waals surface area (Å²) in [6.45, 7) is 7.12. The molecule has 1 saturated heterocycles. The predicted molar refractivity (Wildman–Crippen MR) is 102 cm³/mol. The zero-order valence-corrected chi connectivity index (χ0v) is 15.4. The zero-order valence-electron chi connectivity index (χ0n) is 14.6. The van der Waals surface area contributed by atoms with E-state index in [1.54, 1.807) is 16.5 Å². The topological polar surface area (TPSA) is 19.0 Å². The van der Waals surface area contributed by atoms with Crippen molar-refractivity contribution in [3.63, 3.8) is 0 Å². The fourth-order valence-corrected chi connectivity index (χ4v) is 5.78. The first kappa shape index (κ1) is 15.6. The number of hydrogen-bond acceptors (Lipinski definition) is 2. The van der Waals surface area contributed by atoms with Crippen LogP contribution in [0.5, 0.6) is 0 Å². The standard InChI is InChI=1S/C20H28N2S/c1-4-8-22-11-14(12-23-3)9-17-15-6-5-7-18-20(15)16(10-19(17)22)13(2)21-18/h5-7,14,17,19,21H,4,8-12H2,1-3H3/t14-,17?,19-/m1/s1. The van der Waals surface area contributed by atoms with Crippen molar-refractivity contribution in [2.24, 2.45) is 5.92 Å². The van der Waals surface area contributed by atoms with Crippen molar-refractivity contribution in [2.45, 2.75) is 45.1 Å². The summed E-state index contributed by atoms with van der Waals surface area (Å²) in [5.74, 6) is 2.87. The third-order valence-electron chi connectivity index (χ3n) is 5.91. The number of fused-ring (bicyclic) bond motifs is 2. The normalized spacial score (nSPS) is 27.3. The van der Waals surface area contributed by atoms with Crippen molar-refractivity contribution in [1.29, 1.82) is 0 Å². The number of nitrogens with one attached hydrogen (secondary N) is 1. The van der Waals surface area contributed by atoms with E-state index in [0.717, 1.165) is 11.8 Å². The molecule has 1 unspecified atom stereocenters. The van der Waals surface area contributed by atoms with E-state index in [9.17, 15) is 0 Å². The summed E-state index contributed by atoms with van der Waals surface area (Å²) in [4.78, 5) is 6.44. The van der Waals surface area contributed by atoms with Crippen LogP contribution in [0.2, 0.25) is 0 Å². The molecule has 0 saturated carbocycles. The van der Waals surface area contributed by atoms with E-state index in [2.05, 4.69) is 48.2 Å². The summed E-state index contributed by atoms with van der Waals surface area (Å²) < 4.78 is 0. The van der Waals surface area contributed by atoms with Crippen LogP contribution in [-0.4, -0.2) is 41.0 Å². The summed E-state index contributed by atoms with van der Waals surface area (Å²) in [6.07, 6.45) is 6.12. The molecule has 2 aromatic rings. The van der Waals surface area contributed by atoms with Gasteiger partial charge in [0.05, 0.1) is 0 Å². The first-order chi connectivity index (χ1) is 11.2. The number of aromatic amines is 1. The number of aromatic nitrogens is 1. The fraction of sp³-hybridized carbons (Fsp3) is 0.600. The van der Waals surface area contributed by atoms with Crippen molar-refractivity contribution in [3.05, 3.63) is 35.0 Å². The van der Waals surface area contributed by atoms with Gasteiger partial charge in [0, 0.05) is 35.1 Å². The van der Waals surface area contributed by atoms with E-state index in [1.165, 1.54) is 49.3 Å². The maximum absolute atomic E-state index is 3.63. The van der Waals surface area contributed by atoms with Gasteiger partial charge in [0.2, 0.25) is 0 Å². The summed E-state index contributed by atoms with van der Waals surface area (Å²) in [7, 11) is 0. The first-order valence-electron chi connectivity index (χ1n) is 9.06. The molecule has 3 heteroatoms. The Kier molecular flexibility index (Phi) is 4.19. The lowest BCUT2D eigenvalue weighted by atomic mass is 9.72. The van der Waals surface area contributed by atoms with Gasteiger partial charge in [-0.1, -0.05) is 19.1 Å². The number of piperidine rings is 1. The highest BCUT2D eigenvalue weighted by atomic mass is 32.2. The van der Waals surface area contributed by atoms with Gasteiger partial charge < -0.3 is 4.98 Å². The van der Waals surface area contributed by atoms with Crippen molar-refractivity contribution in [1.82, 2.24) is 9.88 Å². The van der Waals surface area contributed by atoms with Crippen LogP contribution < -0.4 is 0 Å². The van der Waals surface area contributed by atoms with Gasteiger partial charge in [-0.25, -0.2) is 0 Å². The minimum absolute atomic E-state index is 0.709. The van der Waals surface area contributed by atoms with Crippen molar-refractivity contribution in [3.8, 4) is 0 Å². The molecular formula is C20H28N2S. The number of H-pyrrole nitrogens is 1. The minimum atomic E-state index is 0.709. The number of likely N-dealkylation sites (tertiary alicyclic amines) is 1. The molecule has 2 aliphatic rings. The monoisotopic (exact) mass is 328 g/mol. The quantitative estimate of drug-likeness (QED) is 0.886. The highest BCUT2D eigenvalue weighted by molar-refractivity contribution is 7.98. The van der Waals surface area contributed by atoms with Gasteiger partial charge in [-0.3, -0.25) is 4.90 Å². The van der Waals surface area contributed by atoms with Crippen LogP contribution in [0, 0.1) is 12.8 Å². The molecule has 0 amide bonds. The van der Waals surface area contributed by atoms with Gasteiger partial charge in [0.25, 0.3) is 0 Å². The molecule has 2 nitrogen and oxygen atoms in total. The molecule has 0 bridgehead atoms. The fourth-order valence-electron chi connectivity index (χ4n) is 5.07. The Morgan fingerprint density at radius 2 is 2.22 bits per heavy atom. The molecule has 1 aliphatic heterocycles. The second-order valence-corrected chi connectivity index (χ2v) is 8.34. The molecule has 1 fully saturated rings. The third-order valence-corrected chi connectivity index (χ3v) is 6.72. The third kappa shape index (κ3) is 2.53. The average Bonchev–Trinajstić information content (AvgIpc) is 2.86. The SMILES string of the molecule is CCCN1C[C@H](CSC)CC2c3cccc4[nH]c(C)c(c34)C[C@H]21. The second-order valence-electron chi connectivity index (χ2n) is 7.43. The Morgan fingerprint density at radius 1 is 1.35 bits per heavy atom. The van der Waals surface area contributed by atoms with E-state index in [1.807, 2.05) is 11.8 Å². The molecule has 4 rings (SSSR count). The van der Waals surface area contributed by atoms with Crippen LogP contribution in [-0.2, 0) is 6.42 Å².